The molecule has 0 unspecified atom stereocenters. The maximum Gasteiger partial charge on any atom is 0.407 e. The molecule has 178 valence electrons. The average molecular weight is 503 g/mol. The lowest BCUT2D eigenvalue weighted by Gasteiger charge is -2.19. The Morgan fingerprint density at radius 1 is 1.24 bits per heavy atom. The molecule has 0 atom stereocenters. The summed E-state index contributed by atoms with van der Waals surface area (Å²) >= 11 is 7.78. The van der Waals surface area contributed by atoms with Crippen LogP contribution in [-0.4, -0.2) is 30.3 Å². The Hall–Kier alpha value is -3.10. The number of carbonyl (C=O) groups excluding carboxylic acids is 1. The van der Waals surface area contributed by atoms with E-state index in [0.717, 1.165) is 5.39 Å². The van der Waals surface area contributed by atoms with Crippen molar-refractivity contribution in [3.63, 3.8) is 0 Å². The van der Waals surface area contributed by atoms with E-state index in [0.29, 0.717) is 49.5 Å². The van der Waals surface area contributed by atoms with Gasteiger partial charge in [0.25, 0.3) is 5.56 Å². The van der Waals surface area contributed by atoms with E-state index >= 15 is 4.39 Å². The number of pyridine rings is 1. The smallest absolute Gasteiger partial charge is 0.407 e. The van der Waals surface area contributed by atoms with E-state index in [2.05, 4.69) is 10.3 Å². The Morgan fingerprint density at radius 3 is 2.68 bits per heavy atom. The molecule has 4 rings (SSSR count). The third kappa shape index (κ3) is 4.74. The molecular weight excluding hydrogens is 479 g/mol. The minimum atomic E-state index is -0.602. The summed E-state index contributed by atoms with van der Waals surface area (Å²) in [5.74, 6) is 0.0513. The summed E-state index contributed by atoms with van der Waals surface area (Å²) in [6.07, 6.45) is -0.248. The van der Waals surface area contributed by atoms with Gasteiger partial charge in [0.15, 0.2) is 0 Å². The third-order valence-electron chi connectivity index (χ3n) is 5.25. The van der Waals surface area contributed by atoms with Crippen LogP contribution in [0, 0.1) is 5.82 Å². The van der Waals surface area contributed by atoms with Crippen molar-refractivity contribution in [3.8, 4) is 16.9 Å². The van der Waals surface area contributed by atoms with Crippen molar-refractivity contribution < 1.29 is 18.7 Å². The molecule has 4 aromatic rings. The molecule has 1 amide bonds. The first kappa shape index (κ1) is 24.0. The predicted octanol–water partition coefficient (Wildman–Crippen LogP) is 6.28. The molecule has 0 saturated heterocycles. The number of carbonyl (C=O) groups is 1. The number of hydrogen-bond acceptors (Lipinski definition) is 5. The molecule has 2 aromatic heterocycles. The molecule has 0 fully saturated rings. The lowest BCUT2D eigenvalue weighted by molar-refractivity contribution is 0.0528. The highest BCUT2D eigenvalue weighted by atomic mass is 35.5. The van der Waals surface area contributed by atoms with Gasteiger partial charge in [-0.1, -0.05) is 23.7 Å². The van der Waals surface area contributed by atoms with Crippen LogP contribution in [0.25, 0.3) is 32.1 Å². The van der Waals surface area contributed by atoms with Gasteiger partial charge in [-0.3, -0.25) is 4.79 Å². The average Bonchev–Trinajstić information content (AvgIpc) is 3.25. The number of ether oxygens (including phenoxy) is 2. The number of aromatic nitrogens is 1. The Bertz CT molecular complexity index is 1460. The maximum atomic E-state index is 15.1. The molecule has 2 aromatic carbocycles. The fraction of sp³-hybridized carbons (Fsp3) is 0.280. The van der Waals surface area contributed by atoms with E-state index in [4.69, 9.17) is 21.1 Å². The fourth-order valence-corrected chi connectivity index (χ4v) is 4.87. The zero-order valence-electron chi connectivity index (χ0n) is 19.2. The Morgan fingerprint density at radius 2 is 2.00 bits per heavy atom. The quantitative estimate of drug-likeness (QED) is 0.336. The molecule has 9 heteroatoms. The number of rotatable bonds is 5. The number of H-pyrrole nitrogens is 1. The van der Waals surface area contributed by atoms with E-state index in [1.165, 1.54) is 24.5 Å². The van der Waals surface area contributed by atoms with Gasteiger partial charge in [-0.05, 0) is 55.8 Å². The van der Waals surface area contributed by atoms with Crippen LogP contribution in [0.3, 0.4) is 0 Å². The van der Waals surface area contributed by atoms with Crippen molar-refractivity contribution in [2.24, 2.45) is 0 Å². The monoisotopic (exact) mass is 502 g/mol. The first-order valence-corrected chi connectivity index (χ1v) is 11.9. The fourth-order valence-electron chi connectivity index (χ4n) is 3.84. The molecule has 2 heterocycles. The molecule has 0 radical (unpaired) electrons. The number of alkyl carbamates (subject to hydrolysis) is 1. The SMILES string of the molecule is COc1cc(Cl)c2[nH]c(=O)c3sccc3c2c1-c1ccc(CCNC(=O)OC(C)(C)C)c(F)c1. The summed E-state index contributed by atoms with van der Waals surface area (Å²) in [4.78, 5) is 27.2. The molecule has 34 heavy (non-hydrogen) atoms. The lowest BCUT2D eigenvalue weighted by atomic mass is 9.95. The summed E-state index contributed by atoms with van der Waals surface area (Å²) in [7, 11) is 1.52. The second-order valence-electron chi connectivity index (χ2n) is 8.79. The summed E-state index contributed by atoms with van der Waals surface area (Å²) < 4.78 is 26.4. The predicted molar refractivity (Wildman–Crippen MR) is 135 cm³/mol. The molecule has 0 spiro atoms. The van der Waals surface area contributed by atoms with Gasteiger partial charge in [-0.15, -0.1) is 11.3 Å². The van der Waals surface area contributed by atoms with E-state index in [-0.39, 0.29) is 12.1 Å². The van der Waals surface area contributed by atoms with Crippen LogP contribution in [0.2, 0.25) is 5.02 Å². The summed E-state index contributed by atoms with van der Waals surface area (Å²) in [5.41, 5.74) is 1.31. The molecule has 0 saturated carbocycles. The maximum absolute atomic E-state index is 15.1. The van der Waals surface area contributed by atoms with Gasteiger partial charge in [0.1, 0.15) is 21.9 Å². The number of thiophene rings is 1. The van der Waals surface area contributed by atoms with Crippen molar-refractivity contribution in [1.82, 2.24) is 10.3 Å². The number of amides is 1. The minimum Gasteiger partial charge on any atom is -0.496 e. The summed E-state index contributed by atoms with van der Waals surface area (Å²) in [6.45, 7) is 5.56. The lowest BCUT2D eigenvalue weighted by Crippen LogP contribution is -2.33. The van der Waals surface area contributed by atoms with Crippen LogP contribution in [0.5, 0.6) is 5.75 Å². The van der Waals surface area contributed by atoms with Crippen LogP contribution in [0.15, 0.2) is 40.5 Å². The first-order valence-electron chi connectivity index (χ1n) is 10.6. The van der Waals surface area contributed by atoms with E-state index in [1.54, 1.807) is 39.0 Å². The summed E-state index contributed by atoms with van der Waals surface area (Å²) in [6, 6.07) is 8.36. The van der Waals surface area contributed by atoms with Gasteiger partial charge in [0, 0.05) is 28.9 Å². The number of halogens is 2. The zero-order chi connectivity index (χ0) is 24.6. The van der Waals surface area contributed by atoms with Gasteiger partial charge in [-0.25, -0.2) is 9.18 Å². The second-order valence-corrected chi connectivity index (χ2v) is 10.1. The van der Waals surface area contributed by atoms with E-state index in [9.17, 15) is 9.59 Å². The molecular formula is C25H24ClFN2O4S. The minimum absolute atomic E-state index is 0.227. The number of hydrogen-bond donors (Lipinski definition) is 2. The Balaban J connectivity index is 1.72. The van der Waals surface area contributed by atoms with Crippen molar-refractivity contribution in [3.05, 3.63) is 62.5 Å². The Kier molecular flexibility index (Phi) is 6.55. The number of benzene rings is 2. The number of fused-ring (bicyclic) bond motifs is 3. The van der Waals surface area contributed by atoms with Crippen molar-refractivity contribution >= 4 is 50.0 Å². The molecule has 0 bridgehead atoms. The molecule has 0 aliphatic carbocycles. The molecule has 0 aliphatic rings. The number of nitrogens with one attached hydrogen (secondary N) is 2. The zero-order valence-corrected chi connectivity index (χ0v) is 20.7. The third-order valence-corrected chi connectivity index (χ3v) is 6.46. The van der Waals surface area contributed by atoms with Crippen molar-refractivity contribution in [1.29, 1.82) is 0 Å². The van der Waals surface area contributed by atoms with Gasteiger partial charge in [-0.2, -0.15) is 0 Å². The van der Waals surface area contributed by atoms with Gasteiger partial charge in [0.05, 0.1) is 17.6 Å². The summed E-state index contributed by atoms with van der Waals surface area (Å²) in [5, 5.41) is 6.23. The topological polar surface area (TPSA) is 80.4 Å². The second kappa shape index (κ2) is 9.27. The van der Waals surface area contributed by atoms with E-state index in [1.807, 2.05) is 11.4 Å². The van der Waals surface area contributed by atoms with Crippen LogP contribution in [-0.2, 0) is 11.2 Å². The molecule has 0 aliphatic heterocycles. The van der Waals surface area contributed by atoms with Crippen LogP contribution in [0.4, 0.5) is 9.18 Å². The number of methoxy groups -OCH3 is 1. The molecule has 2 N–H and O–H groups in total. The molecule has 6 nitrogen and oxygen atoms in total. The highest BCUT2D eigenvalue weighted by Crippen LogP contribution is 2.43. The van der Waals surface area contributed by atoms with Crippen molar-refractivity contribution in [2.75, 3.05) is 13.7 Å². The number of aromatic amines is 1. The van der Waals surface area contributed by atoms with Gasteiger partial charge >= 0.3 is 6.09 Å². The first-order chi connectivity index (χ1) is 16.1. The van der Waals surface area contributed by atoms with Crippen LogP contribution < -0.4 is 15.6 Å². The largest absolute Gasteiger partial charge is 0.496 e. The standard InChI is InChI=1S/C25H24ClFN2O4S/c1-25(2,3)33-24(31)28-9-7-13-5-6-14(11-17(13)27)19-18(32-4)12-16(26)21-20(19)15-8-10-34-22(15)23(30)29-21/h5-6,8,10-12H,7,9H2,1-4H3,(H,28,31)(H,29,30). The van der Waals surface area contributed by atoms with Crippen LogP contribution in [0.1, 0.15) is 26.3 Å². The highest BCUT2D eigenvalue weighted by Gasteiger charge is 2.20. The highest BCUT2D eigenvalue weighted by molar-refractivity contribution is 7.17. The van der Waals surface area contributed by atoms with Gasteiger partial charge < -0.3 is 19.8 Å². The Labute approximate surface area is 204 Å². The van der Waals surface area contributed by atoms with Crippen LogP contribution >= 0.6 is 22.9 Å². The van der Waals surface area contributed by atoms with E-state index < -0.39 is 17.5 Å². The van der Waals surface area contributed by atoms with Crippen molar-refractivity contribution in [2.45, 2.75) is 32.8 Å². The van der Waals surface area contributed by atoms with Gasteiger partial charge in [0.2, 0.25) is 0 Å². The normalized spacial score (nSPS) is 11.7.